The number of aromatic nitrogens is 1. The molecule has 0 spiro atoms. The summed E-state index contributed by atoms with van der Waals surface area (Å²) in [6, 6.07) is 4.19. The normalized spacial score (nSPS) is 11.6. The minimum absolute atomic E-state index is 0.0154. The van der Waals surface area contributed by atoms with Gasteiger partial charge in [-0.1, -0.05) is 29.0 Å². The van der Waals surface area contributed by atoms with E-state index in [2.05, 4.69) is 9.71 Å². The quantitative estimate of drug-likeness (QED) is 0.943. The summed E-state index contributed by atoms with van der Waals surface area (Å²) in [6.45, 7) is 3.27. The van der Waals surface area contributed by atoms with Crippen LogP contribution in [0.4, 0.5) is 10.1 Å². The van der Waals surface area contributed by atoms with Gasteiger partial charge in [0.2, 0.25) is 0 Å². The van der Waals surface area contributed by atoms with Crippen molar-refractivity contribution in [1.29, 1.82) is 0 Å². The van der Waals surface area contributed by atoms with Crippen LogP contribution >= 0.6 is 22.9 Å². The molecule has 0 aliphatic rings. The third-order valence-corrected chi connectivity index (χ3v) is 5.58. The van der Waals surface area contributed by atoms with Crippen LogP contribution in [0, 0.1) is 19.7 Å². The van der Waals surface area contributed by atoms with Crippen molar-refractivity contribution >= 4 is 38.6 Å². The van der Waals surface area contributed by atoms with Crippen molar-refractivity contribution in [2.24, 2.45) is 0 Å². The molecule has 0 atom stereocenters. The molecule has 102 valence electrons. The highest BCUT2D eigenvalue weighted by molar-refractivity contribution is 7.94. The Morgan fingerprint density at radius 1 is 1.37 bits per heavy atom. The van der Waals surface area contributed by atoms with E-state index in [-0.39, 0.29) is 20.1 Å². The molecule has 0 saturated heterocycles. The third kappa shape index (κ3) is 3.05. The molecule has 1 aromatic carbocycles. The van der Waals surface area contributed by atoms with Gasteiger partial charge in [-0.15, -0.1) is 0 Å². The molecule has 8 heteroatoms. The van der Waals surface area contributed by atoms with Gasteiger partial charge in [0.1, 0.15) is 5.82 Å². The lowest BCUT2D eigenvalue weighted by Crippen LogP contribution is -2.13. The lowest BCUT2D eigenvalue weighted by Gasteiger charge is -2.08. The van der Waals surface area contributed by atoms with E-state index in [4.69, 9.17) is 11.6 Å². The molecule has 1 aromatic heterocycles. The number of nitrogens with one attached hydrogen (secondary N) is 1. The van der Waals surface area contributed by atoms with Crippen LogP contribution in [-0.4, -0.2) is 13.4 Å². The Kier molecular flexibility index (Phi) is 3.80. The molecule has 0 unspecified atom stereocenters. The van der Waals surface area contributed by atoms with E-state index in [9.17, 15) is 12.8 Å². The minimum Gasteiger partial charge on any atom is -0.276 e. The van der Waals surface area contributed by atoms with Crippen LogP contribution in [0.2, 0.25) is 4.47 Å². The van der Waals surface area contributed by atoms with E-state index in [1.165, 1.54) is 19.1 Å². The second-order valence-corrected chi connectivity index (χ2v) is 7.39. The number of hydrogen-bond acceptors (Lipinski definition) is 4. The summed E-state index contributed by atoms with van der Waals surface area (Å²) >= 11 is 6.50. The lowest BCUT2D eigenvalue weighted by molar-refractivity contribution is 0.599. The van der Waals surface area contributed by atoms with Gasteiger partial charge in [-0.3, -0.25) is 4.72 Å². The van der Waals surface area contributed by atoms with Gasteiger partial charge in [-0.2, -0.15) is 0 Å². The number of aryl methyl sites for hydroxylation is 2. The number of anilines is 1. The number of benzene rings is 1. The van der Waals surface area contributed by atoms with E-state index < -0.39 is 15.8 Å². The van der Waals surface area contributed by atoms with Crippen molar-refractivity contribution in [2.75, 3.05) is 4.72 Å². The van der Waals surface area contributed by atoms with Crippen LogP contribution in [-0.2, 0) is 10.0 Å². The fourth-order valence-electron chi connectivity index (χ4n) is 1.51. The molecule has 2 aromatic rings. The van der Waals surface area contributed by atoms with Crippen LogP contribution < -0.4 is 4.72 Å². The first-order chi connectivity index (χ1) is 8.79. The fourth-order valence-corrected chi connectivity index (χ4v) is 4.31. The molecule has 1 heterocycles. The van der Waals surface area contributed by atoms with E-state index in [0.29, 0.717) is 0 Å². The molecule has 0 aliphatic heterocycles. The van der Waals surface area contributed by atoms with Gasteiger partial charge in [0.05, 0.1) is 11.4 Å². The topological polar surface area (TPSA) is 59.1 Å². The Morgan fingerprint density at radius 2 is 2.05 bits per heavy atom. The highest BCUT2D eigenvalue weighted by Gasteiger charge is 2.22. The lowest BCUT2D eigenvalue weighted by atomic mass is 10.2. The Labute approximate surface area is 119 Å². The van der Waals surface area contributed by atoms with Gasteiger partial charge in [0.25, 0.3) is 10.0 Å². The van der Waals surface area contributed by atoms with Crippen molar-refractivity contribution < 1.29 is 12.8 Å². The van der Waals surface area contributed by atoms with Crippen molar-refractivity contribution in [2.45, 2.75) is 18.1 Å². The molecule has 4 nitrogen and oxygen atoms in total. The highest BCUT2D eigenvalue weighted by atomic mass is 35.5. The maximum Gasteiger partial charge on any atom is 0.273 e. The van der Waals surface area contributed by atoms with Gasteiger partial charge < -0.3 is 0 Å². The van der Waals surface area contributed by atoms with Crippen molar-refractivity contribution in [3.05, 3.63) is 39.7 Å². The average Bonchev–Trinajstić information content (AvgIpc) is 2.63. The summed E-state index contributed by atoms with van der Waals surface area (Å²) in [5.41, 5.74) is 0.942. The molecule has 0 fully saturated rings. The van der Waals surface area contributed by atoms with Crippen molar-refractivity contribution in [3.63, 3.8) is 0 Å². The Morgan fingerprint density at radius 3 is 2.63 bits per heavy atom. The van der Waals surface area contributed by atoms with Crippen LogP contribution in [0.15, 0.2) is 22.4 Å². The van der Waals surface area contributed by atoms with Crippen molar-refractivity contribution in [1.82, 2.24) is 4.98 Å². The van der Waals surface area contributed by atoms with Crippen molar-refractivity contribution in [3.8, 4) is 0 Å². The summed E-state index contributed by atoms with van der Waals surface area (Å²) in [4.78, 5) is 3.83. The smallest absolute Gasteiger partial charge is 0.273 e. The van der Waals surface area contributed by atoms with Crippen LogP contribution in [0.25, 0.3) is 0 Å². The van der Waals surface area contributed by atoms with E-state index in [1.807, 2.05) is 0 Å². The summed E-state index contributed by atoms with van der Waals surface area (Å²) in [5, 5.41) is 0. The monoisotopic (exact) mass is 320 g/mol. The zero-order valence-corrected chi connectivity index (χ0v) is 12.5. The minimum atomic E-state index is -3.88. The fraction of sp³-hybridized carbons (Fsp3) is 0.182. The zero-order chi connectivity index (χ0) is 14.2. The zero-order valence-electron chi connectivity index (χ0n) is 10.1. The van der Waals surface area contributed by atoms with Gasteiger partial charge in [0.15, 0.2) is 8.68 Å². The first-order valence-electron chi connectivity index (χ1n) is 5.21. The predicted molar refractivity (Wildman–Crippen MR) is 73.8 cm³/mol. The number of thiazole rings is 1. The highest BCUT2D eigenvalue weighted by Crippen LogP contribution is 2.29. The summed E-state index contributed by atoms with van der Waals surface area (Å²) < 4.78 is 40.1. The van der Waals surface area contributed by atoms with Crippen LogP contribution in [0.1, 0.15) is 11.3 Å². The summed E-state index contributed by atoms with van der Waals surface area (Å²) in [5.74, 6) is -0.637. The van der Waals surface area contributed by atoms with E-state index in [1.54, 1.807) is 13.0 Å². The summed E-state index contributed by atoms with van der Waals surface area (Å²) in [6.07, 6.45) is 0. The van der Waals surface area contributed by atoms with Gasteiger partial charge >= 0.3 is 0 Å². The maximum atomic E-state index is 13.6. The SMILES string of the molecule is Cc1ccc(F)c(NS(=O)(=O)c2sc(Cl)nc2C)c1. The molecule has 1 N–H and O–H groups in total. The molecule has 0 bridgehead atoms. The average molecular weight is 321 g/mol. The second kappa shape index (κ2) is 5.07. The first kappa shape index (κ1) is 14.2. The van der Waals surface area contributed by atoms with Crippen LogP contribution in [0.3, 0.4) is 0 Å². The molecule has 0 amide bonds. The Hall–Kier alpha value is -1.18. The Balaban J connectivity index is 2.42. The molecule has 0 saturated carbocycles. The molecular formula is C11H10ClFN2O2S2. The predicted octanol–water partition coefficient (Wildman–Crippen LogP) is 3.35. The molecule has 0 aliphatic carbocycles. The number of hydrogen-bond donors (Lipinski definition) is 1. The maximum absolute atomic E-state index is 13.6. The molecule has 19 heavy (non-hydrogen) atoms. The van der Waals surface area contributed by atoms with Gasteiger partial charge in [-0.05, 0) is 31.5 Å². The largest absolute Gasteiger partial charge is 0.276 e. The van der Waals surface area contributed by atoms with E-state index >= 15 is 0 Å². The molecule has 0 radical (unpaired) electrons. The number of rotatable bonds is 3. The third-order valence-electron chi connectivity index (χ3n) is 2.34. The summed E-state index contributed by atoms with van der Waals surface area (Å²) in [7, 11) is -3.88. The van der Waals surface area contributed by atoms with Crippen LogP contribution in [0.5, 0.6) is 0 Å². The number of nitrogens with zero attached hydrogens (tertiary/aromatic N) is 1. The molecule has 2 rings (SSSR count). The molecular weight excluding hydrogens is 311 g/mol. The number of halogens is 2. The second-order valence-electron chi connectivity index (χ2n) is 3.93. The van der Waals surface area contributed by atoms with E-state index in [0.717, 1.165) is 16.9 Å². The van der Waals surface area contributed by atoms with Gasteiger partial charge in [-0.25, -0.2) is 17.8 Å². The first-order valence-corrected chi connectivity index (χ1v) is 7.89. The number of sulfonamides is 1. The van der Waals surface area contributed by atoms with Gasteiger partial charge in [0, 0.05) is 0 Å². The Bertz CT molecular complexity index is 728. The standard InChI is InChI=1S/C11H10ClFN2O2S2/c1-6-3-4-8(13)9(5-6)15-19(16,17)10-7(2)14-11(12)18-10/h3-5,15H,1-2H3.